The van der Waals surface area contributed by atoms with Crippen molar-refractivity contribution in [2.24, 2.45) is 5.10 Å². The van der Waals surface area contributed by atoms with Gasteiger partial charge in [-0.25, -0.2) is 9.46 Å². The van der Waals surface area contributed by atoms with E-state index in [1.807, 2.05) is 0 Å². The SMILES string of the molecule is CCOP(=O)(C(=NNc1ccc(OC)cc1)C(=O)OC)N(C)CCCl. The number of methoxy groups -OCH3 is 2. The van der Waals surface area contributed by atoms with Gasteiger partial charge >= 0.3 is 13.5 Å². The summed E-state index contributed by atoms with van der Waals surface area (Å²) < 4.78 is 29.8. The van der Waals surface area contributed by atoms with Crippen molar-refractivity contribution in [3.63, 3.8) is 0 Å². The van der Waals surface area contributed by atoms with E-state index in [0.29, 0.717) is 11.4 Å². The van der Waals surface area contributed by atoms with E-state index in [9.17, 15) is 9.36 Å². The van der Waals surface area contributed by atoms with Crippen LogP contribution in [0.5, 0.6) is 5.75 Å². The normalized spacial score (nSPS) is 14.1. The number of anilines is 1. The van der Waals surface area contributed by atoms with Gasteiger partial charge in [-0.2, -0.15) is 5.10 Å². The smallest absolute Gasteiger partial charge is 0.365 e. The molecule has 1 aromatic rings. The molecule has 1 aromatic carbocycles. The van der Waals surface area contributed by atoms with Crippen molar-refractivity contribution in [2.75, 3.05) is 45.7 Å². The quantitative estimate of drug-likeness (QED) is 0.215. The molecule has 0 aliphatic rings. The Morgan fingerprint density at radius 2 is 1.96 bits per heavy atom. The number of nitrogens with one attached hydrogen (secondary N) is 1. The molecule has 0 heterocycles. The molecule has 140 valence electrons. The van der Waals surface area contributed by atoms with E-state index in [4.69, 9.17) is 25.6 Å². The molecule has 10 heteroatoms. The Morgan fingerprint density at radius 1 is 1.32 bits per heavy atom. The van der Waals surface area contributed by atoms with E-state index in [0.717, 1.165) is 0 Å². The summed E-state index contributed by atoms with van der Waals surface area (Å²) in [7, 11) is 0.562. The first-order valence-corrected chi connectivity index (χ1v) is 9.62. The molecule has 1 N–H and O–H groups in total. The molecule has 1 atom stereocenters. The maximum atomic E-state index is 13.3. The summed E-state index contributed by atoms with van der Waals surface area (Å²) in [5.41, 5.74) is 2.92. The topological polar surface area (TPSA) is 89.5 Å². The zero-order valence-electron chi connectivity index (χ0n) is 14.7. The highest BCUT2D eigenvalue weighted by Gasteiger charge is 2.40. The number of alkyl halides is 1. The molecule has 8 nitrogen and oxygen atoms in total. The van der Waals surface area contributed by atoms with Crippen molar-refractivity contribution in [1.29, 1.82) is 0 Å². The highest BCUT2D eigenvalue weighted by Crippen LogP contribution is 2.51. The van der Waals surface area contributed by atoms with Crippen LogP contribution in [0.25, 0.3) is 0 Å². The van der Waals surface area contributed by atoms with Crippen LogP contribution >= 0.6 is 19.1 Å². The van der Waals surface area contributed by atoms with Crippen LogP contribution in [0.2, 0.25) is 0 Å². The monoisotopic (exact) mass is 391 g/mol. The number of benzene rings is 1. The predicted octanol–water partition coefficient (Wildman–Crippen LogP) is 2.99. The minimum Gasteiger partial charge on any atom is -0.497 e. The highest BCUT2D eigenvalue weighted by atomic mass is 35.5. The van der Waals surface area contributed by atoms with Crippen molar-refractivity contribution < 1.29 is 23.4 Å². The van der Waals surface area contributed by atoms with Crippen LogP contribution in [0, 0.1) is 0 Å². The number of carbonyl (C=O) groups is 1. The fourth-order valence-electron chi connectivity index (χ4n) is 1.85. The molecule has 0 amide bonds. The van der Waals surface area contributed by atoms with E-state index in [1.165, 1.54) is 11.8 Å². The third-order valence-corrected chi connectivity index (χ3v) is 5.87. The Balaban J connectivity index is 3.19. The molecule has 1 rings (SSSR count). The average Bonchev–Trinajstić information content (AvgIpc) is 2.62. The van der Waals surface area contributed by atoms with E-state index in [-0.39, 0.29) is 24.5 Å². The van der Waals surface area contributed by atoms with Crippen molar-refractivity contribution in [3.8, 4) is 5.75 Å². The number of hydrogen-bond donors (Lipinski definition) is 1. The summed E-state index contributed by atoms with van der Waals surface area (Å²) >= 11 is 5.72. The summed E-state index contributed by atoms with van der Waals surface area (Å²) in [6.45, 7) is 2.05. The first-order valence-electron chi connectivity index (χ1n) is 7.51. The Hall–Kier alpha value is -1.60. The van der Waals surface area contributed by atoms with Crippen LogP contribution in [0.15, 0.2) is 29.4 Å². The lowest BCUT2D eigenvalue weighted by Gasteiger charge is -2.26. The van der Waals surface area contributed by atoms with Gasteiger partial charge in [-0.15, -0.1) is 11.6 Å². The Bertz CT molecular complexity index is 639. The van der Waals surface area contributed by atoms with Crippen molar-refractivity contribution >= 4 is 36.2 Å². The summed E-state index contributed by atoms with van der Waals surface area (Å²) in [5.74, 6) is 0.0391. The van der Waals surface area contributed by atoms with E-state index < -0.39 is 13.5 Å². The van der Waals surface area contributed by atoms with Gasteiger partial charge in [-0.3, -0.25) is 9.99 Å². The number of ether oxygens (including phenoxy) is 2. The molecule has 0 aliphatic carbocycles. The zero-order valence-corrected chi connectivity index (χ0v) is 16.3. The zero-order chi connectivity index (χ0) is 18.9. The molecule has 0 saturated heterocycles. The maximum Gasteiger partial charge on any atom is 0.365 e. The van der Waals surface area contributed by atoms with Gasteiger partial charge in [0.15, 0.2) is 0 Å². The van der Waals surface area contributed by atoms with Gasteiger partial charge in [0.1, 0.15) is 5.75 Å². The molecule has 0 spiro atoms. The molecule has 1 unspecified atom stereocenters. The van der Waals surface area contributed by atoms with Crippen LogP contribution in [0.4, 0.5) is 5.69 Å². The minimum absolute atomic E-state index is 0.127. The van der Waals surface area contributed by atoms with Gasteiger partial charge in [-0.05, 0) is 38.2 Å². The largest absolute Gasteiger partial charge is 0.497 e. The second-order valence-corrected chi connectivity index (χ2v) is 7.56. The molecule has 25 heavy (non-hydrogen) atoms. The third kappa shape index (κ3) is 5.71. The lowest BCUT2D eigenvalue weighted by Crippen LogP contribution is -2.29. The number of hydrogen-bond acceptors (Lipinski definition) is 7. The van der Waals surface area contributed by atoms with Gasteiger partial charge in [0.25, 0.3) is 0 Å². The first kappa shape index (κ1) is 21.4. The maximum absolute atomic E-state index is 13.3. The lowest BCUT2D eigenvalue weighted by atomic mass is 10.3. The molecule has 0 bridgehead atoms. The number of halogens is 1. The van der Waals surface area contributed by atoms with Crippen LogP contribution in [-0.4, -0.2) is 56.4 Å². The summed E-state index contributed by atoms with van der Waals surface area (Å²) in [6, 6.07) is 6.84. The third-order valence-electron chi connectivity index (χ3n) is 3.18. The summed E-state index contributed by atoms with van der Waals surface area (Å²) in [5, 5.41) is 3.99. The number of nitrogens with zero attached hydrogens (tertiary/aromatic N) is 2. The van der Waals surface area contributed by atoms with Crippen LogP contribution in [-0.2, 0) is 18.6 Å². The number of carbonyl (C=O) groups excluding carboxylic acids is 1. The fraction of sp³-hybridized carbons (Fsp3) is 0.467. The van der Waals surface area contributed by atoms with Crippen molar-refractivity contribution in [1.82, 2.24) is 4.67 Å². The highest BCUT2D eigenvalue weighted by molar-refractivity contribution is 7.77. The Morgan fingerprint density at radius 3 is 2.44 bits per heavy atom. The molecule has 0 saturated carbocycles. The van der Waals surface area contributed by atoms with Gasteiger partial charge in [-0.1, -0.05) is 0 Å². The van der Waals surface area contributed by atoms with E-state index in [1.54, 1.807) is 45.3 Å². The minimum atomic E-state index is -3.72. The van der Waals surface area contributed by atoms with Crippen LogP contribution < -0.4 is 10.2 Å². The summed E-state index contributed by atoms with van der Waals surface area (Å²) in [4.78, 5) is 12.1. The molecule has 0 fully saturated rings. The first-order chi connectivity index (χ1) is 11.9. The van der Waals surface area contributed by atoms with Gasteiger partial charge in [0, 0.05) is 12.4 Å². The standard InChI is InChI=1S/C15H23ClN3O5P/c1-5-24-25(21,19(2)11-10-16)14(15(20)23-4)18-17-12-6-8-13(22-3)9-7-12/h6-9,17H,5,10-11H2,1-4H3. The molecular weight excluding hydrogens is 369 g/mol. The van der Waals surface area contributed by atoms with E-state index >= 15 is 0 Å². The predicted molar refractivity (Wildman–Crippen MR) is 98.7 cm³/mol. The van der Waals surface area contributed by atoms with Gasteiger partial charge in [0.2, 0.25) is 5.45 Å². The number of rotatable bonds is 10. The summed E-state index contributed by atoms with van der Waals surface area (Å²) in [6.07, 6.45) is 0. The van der Waals surface area contributed by atoms with Gasteiger partial charge in [0.05, 0.1) is 26.5 Å². The molecule has 0 aromatic heterocycles. The van der Waals surface area contributed by atoms with Crippen molar-refractivity contribution in [2.45, 2.75) is 6.92 Å². The van der Waals surface area contributed by atoms with Gasteiger partial charge < -0.3 is 14.0 Å². The fourth-order valence-corrected chi connectivity index (χ4v) is 4.07. The van der Waals surface area contributed by atoms with Crippen LogP contribution in [0.1, 0.15) is 6.92 Å². The Labute approximate surface area is 152 Å². The molecule has 0 radical (unpaired) electrons. The Kier molecular flexibility index (Phi) is 8.92. The van der Waals surface area contributed by atoms with E-state index in [2.05, 4.69) is 10.5 Å². The number of hydrazone groups is 1. The lowest BCUT2D eigenvalue weighted by molar-refractivity contribution is -0.132. The molecule has 0 aliphatic heterocycles. The second kappa shape index (κ2) is 10.4. The van der Waals surface area contributed by atoms with Crippen LogP contribution in [0.3, 0.4) is 0 Å². The number of esters is 1. The van der Waals surface area contributed by atoms with Crippen molar-refractivity contribution in [3.05, 3.63) is 24.3 Å². The second-order valence-electron chi connectivity index (χ2n) is 4.78. The average molecular weight is 392 g/mol. The molecular formula is C15H23ClN3O5P.